The van der Waals surface area contributed by atoms with E-state index in [0.717, 1.165) is 22.2 Å². The average Bonchev–Trinajstić information content (AvgIpc) is 2.15. The van der Waals surface area contributed by atoms with Crippen molar-refractivity contribution in [2.75, 3.05) is 6.61 Å². The molecule has 76 valence electrons. The Bertz CT molecular complexity index is 295. The Balaban J connectivity index is 2.25. The molecule has 0 atom stereocenters. The van der Waals surface area contributed by atoms with Crippen molar-refractivity contribution < 1.29 is 4.74 Å². The first-order valence-corrected chi connectivity index (χ1v) is 5.30. The summed E-state index contributed by atoms with van der Waals surface area (Å²) in [6.45, 7) is 7.10. The zero-order valence-corrected chi connectivity index (χ0v) is 9.88. The first kappa shape index (κ1) is 11.4. The zero-order chi connectivity index (χ0) is 10.4. The van der Waals surface area contributed by atoms with Crippen molar-refractivity contribution in [3.63, 3.8) is 0 Å². The van der Waals surface area contributed by atoms with E-state index < -0.39 is 0 Å². The molecule has 1 rings (SSSR count). The molecule has 1 aromatic heterocycles. The third-order valence-electron chi connectivity index (χ3n) is 1.71. The van der Waals surface area contributed by atoms with E-state index in [1.807, 2.05) is 19.1 Å². The van der Waals surface area contributed by atoms with Gasteiger partial charge in [0.2, 0.25) is 0 Å². The first-order valence-electron chi connectivity index (χ1n) is 4.51. The van der Waals surface area contributed by atoms with E-state index in [1.54, 1.807) is 6.20 Å². The van der Waals surface area contributed by atoms with E-state index in [4.69, 9.17) is 4.74 Å². The van der Waals surface area contributed by atoms with E-state index in [1.165, 1.54) is 0 Å². The Hall–Kier alpha value is -0.670. The van der Waals surface area contributed by atoms with Gasteiger partial charge in [-0.15, -0.1) is 6.58 Å². The van der Waals surface area contributed by atoms with Crippen LogP contribution in [0, 0.1) is 0 Å². The van der Waals surface area contributed by atoms with Crippen molar-refractivity contribution >= 4 is 15.9 Å². The summed E-state index contributed by atoms with van der Waals surface area (Å²) in [6, 6.07) is 3.91. The standard InChI is InChI=1S/C11H14BrNO/c1-9(2)5-6-14-8-11-4-3-10(12)7-13-11/h3-4,7H,1,5-6,8H2,2H3. The monoisotopic (exact) mass is 255 g/mol. The van der Waals surface area contributed by atoms with Gasteiger partial charge in [-0.05, 0) is 41.4 Å². The van der Waals surface area contributed by atoms with Gasteiger partial charge < -0.3 is 4.74 Å². The van der Waals surface area contributed by atoms with Crippen LogP contribution < -0.4 is 0 Å². The molecule has 3 heteroatoms. The average molecular weight is 256 g/mol. The molecule has 0 aliphatic rings. The van der Waals surface area contributed by atoms with Gasteiger partial charge in [0.1, 0.15) is 0 Å². The molecular weight excluding hydrogens is 242 g/mol. The highest BCUT2D eigenvalue weighted by Gasteiger charge is 1.94. The topological polar surface area (TPSA) is 22.1 Å². The van der Waals surface area contributed by atoms with E-state index >= 15 is 0 Å². The van der Waals surface area contributed by atoms with Crippen LogP contribution in [0.5, 0.6) is 0 Å². The molecule has 0 amide bonds. The lowest BCUT2D eigenvalue weighted by atomic mass is 10.3. The third kappa shape index (κ3) is 4.53. The maximum atomic E-state index is 5.43. The van der Waals surface area contributed by atoms with Crippen molar-refractivity contribution in [1.82, 2.24) is 4.98 Å². The first-order chi connectivity index (χ1) is 6.68. The zero-order valence-electron chi connectivity index (χ0n) is 8.29. The van der Waals surface area contributed by atoms with Gasteiger partial charge in [-0.25, -0.2) is 0 Å². The second-order valence-corrected chi connectivity index (χ2v) is 4.14. The second-order valence-electron chi connectivity index (χ2n) is 3.23. The summed E-state index contributed by atoms with van der Waals surface area (Å²) in [4.78, 5) is 4.20. The molecule has 0 aliphatic heterocycles. The molecule has 0 unspecified atom stereocenters. The Morgan fingerprint density at radius 3 is 2.93 bits per heavy atom. The largest absolute Gasteiger partial charge is 0.375 e. The number of halogens is 1. The lowest BCUT2D eigenvalue weighted by molar-refractivity contribution is 0.121. The van der Waals surface area contributed by atoms with Crippen LogP contribution in [0.25, 0.3) is 0 Å². The highest BCUT2D eigenvalue weighted by atomic mass is 79.9. The van der Waals surface area contributed by atoms with Crippen molar-refractivity contribution in [2.24, 2.45) is 0 Å². The number of nitrogens with zero attached hydrogens (tertiary/aromatic N) is 1. The molecule has 0 saturated carbocycles. The number of ether oxygens (including phenoxy) is 1. The van der Waals surface area contributed by atoms with E-state index in [2.05, 4.69) is 27.5 Å². The fourth-order valence-electron chi connectivity index (χ4n) is 0.915. The van der Waals surface area contributed by atoms with Crippen molar-refractivity contribution in [1.29, 1.82) is 0 Å². The predicted molar refractivity (Wildman–Crippen MR) is 61.0 cm³/mol. The van der Waals surface area contributed by atoms with Crippen LogP contribution in [-0.4, -0.2) is 11.6 Å². The number of rotatable bonds is 5. The quantitative estimate of drug-likeness (QED) is 0.595. The van der Waals surface area contributed by atoms with Gasteiger partial charge in [-0.2, -0.15) is 0 Å². The number of hydrogen-bond donors (Lipinski definition) is 0. The summed E-state index contributed by atoms with van der Waals surface area (Å²) < 4.78 is 6.42. The molecule has 0 aliphatic carbocycles. The Morgan fingerprint density at radius 2 is 2.36 bits per heavy atom. The molecule has 0 saturated heterocycles. The SMILES string of the molecule is C=C(C)CCOCc1ccc(Br)cn1. The maximum Gasteiger partial charge on any atom is 0.0888 e. The fraction of sp³-hybridized carbons (Fsp3) is 0.364. The summed E-state index contributed by atoms with van der Waals surface area (Å²) in [6.07, 6.45) is 2.69. The highest BCUT2D eigenvalue weighted by molar-refractivity contribution is 9.10. The highest BCUT2D eigenvalue weighted by Crippen LogP contribution is 2.08. The predicted octanol–water partition coefficient (Wildman–Crippen LogP) is 3.33. The molecular formula is C11H14BrNO. The molecule has 0 bridgehead atoms. The molecule has 0 spiro atoms. The van der Waals surface area contributed by atoms with Crippen LogP contribution in [0.15, 0.2) is 35.0 Å². The van der Waals surface area contributed by atoms with Crippen molar-refractivity contribution in [3.8, 4) is 0 Å². The van der Waals surface area contributed by atoms with Crippen molar-refractivity contribution in [3.05, 3.63) is 40.6 Å². The maximum absolute atomic E-state index is 5.43. The van der Waals surface area contributed by atoms with Crippen LogP contribution in [0.2, 0.25) is 0 Å². The third-order valence-corrected chi connectivity index (χ3v) is 2.18. The van der Waals surface area contributed by atoms with Gasteiger partial charge in [-0.3, -0.25) is 4.98 Å². The molecule has 2 nitrogen and oxygen atoms in total. The molecule has 0 N–H and O–H groups in total. The normalized spacial score (nSPS) is 10.1. The fourth-order valence-corrected chi connectivity index (χ4v) is 1.15. The number of hydrogen-bond acceptors (Lipinski definition) is 2. The minimum absolute atomic E-state index is 0.570. The van der Waals surface area contributed by atoms with Crippen molar-refractivity contribution in [2.45, 2.75) is 20.0 Å². The van der Waals surface area contributed by atoms with Gasteiger partial charge in [0.25, 0.3) is 0 Å². The lowest BCUT2D eigenvalue weighted by Crippen LogP contribution is -1.97. The summed E-state index contributed by atoms with van der Waals surface area (Å²) in [5.74, 6) is 0. The molecule has 0 aromatic carbocycles. The minimum Gasteiger partial charge on any atom is -0.375 e. The van der Waals surface area contributed by atoms with Gasteiger partial charge in [0, 0.05) is 10.7 Å². The Labute approximate surface area is 93.1 Å². The van der Waals surface area contributed by atoms with E-state index in [9.17, 15) is 0 Å². The molecule has 1 aromatic rings. The summed E-state index contributed by atoms with van der Waals surface area (Å²) in [5, 5.41) is 0. The van der Waals surface area contributed by atoms with Gasteiger partial charge in [-0.1, -0.05) is 5.57 Å². The van der Waals surface area contributed by atoms with Gasteiger partial charge in [0.15, 0.2) is 0 Å². The molecule has 1 heterocycles. The summed E-state index contributed by atoms with van der Waals surface area (Å²) in [5.41, 5.74) is 2.10. The van der Waals surface area contributed by atoms with Crippen LogP contribution >= 0.6 is 15.9 Å². The number of aromatic nitrogens is 1. The second kappa shape index (κ2) is 5.94. The van der Waals surface area contributed by atoms with Crippen LogP contribution in [0.4, 0.5) is 0 Å². The lowest BCUT2D eigenvalue weighted by Gasteiger charge is -2.03. The number of pyridine rings is 1. The molecule has 0 fully saturated rings. The van der Waals surface area contributed by atoms with Crippen LogP contribution in [0.1, 0.15) is 19.0 Å². The van der Waals surface area contributed by atoms with E-state index in [-0.39, 0.29) is 0 Å². The summed E-state index contributed by atoms with van der Waals surface area (Å²) >= 11 is 3.33. The van der Waals surface area contributed by atoms with Gasteiger partial charge in [0.05, 0.1) is 18.9 Å². The molecule has 0 radical (unpaired) electrons. The summed E-state index contributed by atoms with van der Waals surface area (Å²) in [7, 11) is 0. The van der Waals surface area contributed by atoms with E-state index in [0.29, 0.717) is 13.2 Å². The smallest absolute Gasteiger partial charge is 0.0888 e. The molecule has 14 heavy (non-hydrogen) atoms. The Morgan fingerprint density at radius 1 is 1.57 bits per heavy atom. The Kier molecular flexibility index (Phi) is 4.84. The minimum atomic E-state index is 0.570. The van der Waals surface area contributed by atoms with Crippen LogP contribution in [-0.2, 0) is 11.3 Å². The van der Waals surface area contributed by atoms with Crippen LogP contribution in [0.3, 0.4) is 0 Å². The van der Waals surface area contributed by atoms with Gasteiger partial charge >= 0.3 is 0 Å².